The Morgan fingerprint density at radius 3 is 2.25 bits per heavy atom. The Hall–Kier alpha value is -0.120. The van der Waals surface area contributed by atoms with Gasteiger partial charge in [-0.2, -0.15) is 0 Å². The molecule has 2 aliphatic heterocycles. The fourth-order valence-corrected chi connectivity index (χ4v) is 2.34. The second kappa shape index (κ2) is 5.99. The molecule has 2 unspecified atom stereocenters. The van der Waals surface area contributed by atoms with Gasteiger partial charge in [0, 0.05) is 12.5 Å². The molecular weight excluding hydrogens is 204 g/mol. The van der Waals surface area contributed by atoms with Crippen LogP contribution in [-0.4, -0.2) is 32.2 Å². The molecule has 0 aromatic carbocycles. The quantitative estimate of drug-likeness (QED) is 0.743. The van der Waals surface area contributed by atoms with Crippen molar-refractivity contribution in [2.75, 3.05) is 19.8 Å². The summed E-state index contributed by atoms with van der Waals surface area (Å²) in [6.07, 6.45) is 5.19. The average Bonchev–Trinajstić information content (AvgIpc) is 2.30. The van der Waals surface area contributed by atoms with Crippen LogP contribution in [0.25, 0.3) is 0 Å². The SMILES string of the molecule is CC1COC(CCC2CCC(C)OC2)OC1. The van der Waals surface area contributed by atoms with Crippen molar-refractivity contribution < 1.29 is 14.2 Å². The fraction of sp³-hybridized carbons (Fsp3) is 1.00. The largest absolute Gasteiger partial charge is 0.378 e. The Kier molecular flexibility index (Phi) is 4.62. The first-order valence-electron chi connectivity index (χ1n) is 6.59. The first kappa shape index (κ1) is 12.3. The van der Waals surface area contributed by atoms with E-state index in [1.54, 1.807) is 0 Å². The highest BCUT2D eigenvalue weighted by Crippen LogP contribution is 2.25. The van der Waals surface area contributed by atoms with Crippen LogP contribution in [0.4, 0.5) is 0 Å². The second-order valence-electron chi connectivity index (χ2n) is 5.37. The molecule has 94 valence electrons. The Morgan fingerprint density at radius 2 is 1.62 bits per heavy atom. The number of hydrogen-bond donors (Lipinski definition) is 0. The molecule has 2 heterocycles. The smallest absolute Gasteiger partial charge is 0.157 e. The predicted octanol–water partition coefficient (Wildman–Crippen LogP) is 2.59. The van der Waals surface area contributed by atoms with Gasteiger partial charge in [-0.1, -0.05) is 6.92 Å². The van der Waals surface area contributed by atoms with Gasteiger partial charge >= 0.3 is 0 Å². The predicted molar refractivity (Wildman–Crippen MR) is 62.2 cm³/mol. The molecule has 2 fully saturated rings. The molecule has 2 rings (SSSR count). The topological polar surface area (TPSA) is 27.7 Å². The molecule has 0 aromatic rings. The van der Waals surface area contributed by atoms with Gasteiger partial charge in [0.05, 0.1) is 19.3 Å². The molecule has 3 heteroatoms. The summed E-state index contributed by atoms with van der Waals surface area (Å²) in [7, 11) is 0. The highest BCUT2D eigenvalue weighted by Gasteiger charge is 2.23. The highest BCUT2D eigenvalue weighted by molar-refractivity contribution is 4.69. The van der Waals surface area contributed by atoms with E-state index >= 15 is 0 Å². The minimum Gasteiger partial charge on any atom is -0.378 e. The molecule has 2 aliphatic rings. The standard InChI is InChI=1S/C13H24O3/c1-10-7-15-13(16-8-10)6-5-12-4-3-11(2)14-9-12/h10-13H,3-9H2,1-2H3. The van der Waals surface area contributed by atoms with E-state index in [-0.39, 0.29) is 6.29 Å². The van der Waals surface area contributed by atoms with Crippen LogP contribution in [0.5, 0.6) is 0 Å². The monoisotopic (exact) mass is 228 g/mol. The molecule has 0 amide bonds. The summed E-state index contributed by atoms with van der Waals surface area (Å²) in [5, 5.41) is 0. The number of ether oxygens (including phenoxy) is 3. The van der Waals surface area contributed by atoms with Gasteiger partial charge in [-0.05, 0) is 38.5 Å². The molecule has 16 heavy (non-hydrogen) atoms. The Labute approximate surface area is 98.4 Å². The van der Waals surface area contributed by atoms with Crippen LogP contribution in [-0.2, 0) is 14.2 Å². The van der Waals surface area contributed by atoms with E-state index in [9.17, 15) is 0 Å². The lowest BCUT2D eigenvalue weighted by molar-refractivity contribution is -0.202. The molecule has 3 nitrogen and oxygen atoms in total. The molecule has 2 saturated heterocycles. The Bertz CT molecular complexity index is 169. The minimum absolute atomic E-state index is 0.0375. The average molecular weight is 228 g/mol. The molecular formula is C13H24O3. The van der Waals surface area contributed by atoms with E-state index in [2.05, 4.69) is 13.8 Å². The summed E-state index contributed by atoms with van der Waals surface area (Å²) in [6, 6.07) is 0. The van der Waals surface area contributed by atoms with E-state index < -0.39 is 0 Å². The normalized spacial score (nSPS) is 40.9. The Morgan fingerprint density at radius 1 is 0.875 bits per heavy atom. The first-order valence-corrected chi connectivity index (χ1v) is 6.59. The zero-order chi connectivity index (χ0) is 11.4. The molecule has 0 radical (unpaired) electrons. The molecule has 2 atom stereocenters. The summed E-state index contributed by atoms with van der Waals surface area (Å²) in [6.45, 7) is 6.94. The zero-order valence-corrected chi connectivity index (χ0v) is 10.5. The van der Waals surface area contributed by atoms with Gasteiger partial charge in [0.2, 0.25) is 0 Å². The van der Waals surface area contributed by atoms with Crippen LogP contribution in [0, 0.1) is 11.8 Å². The third-order valence-electron chi connectivity index (χ3n) is 3.54. The van der Waals surface area contributed by atoms with Crippen LogP contribution in [0.15, 0.2) is 0 Å². The lowest BCUT2D eigenvalue weighted by Gasteiger charge is -2.30. The summed E-state index contributed by atoms with van der Waals surface area (Å²) in [4.78, 5) is 0. The van der Waals surface area contributed by atoms with Gasteiger partial charge in [-0.15, -0.1) is 0 Å². The van der Waals surface area contributed by atoms with E-state index in [1.165, 1.54) is 19.3 Å². The van der Waals surface area contributed by atoms with Crippen molar-refractivity contribution in [3.05, 3.63) is 0 Å². The first-order chi connectivity index (χ1) is 7.74. The van der Waals surface area contributed by atoms with Gasteiger partial charge < -0.3 is 14.2 Å². The van der Waals surface area contributed by atoms with Crippen molar-refractivity contribution in [1.29, 1.82) is 0 Å². The van der Waals surface area contributed by atoms with Gasteiger partial charge in [-0.25, -0.2) is 0 Å². The maximum absolute atomic E-state index is 5.67. The van der Waals surface area contributed by atoms with Gasteiger partial charge in [-0.3, -0.25) is 0 Å². The van der Waals surface area contributed by atoms with Crippen LogP contribution in [0.2, 0.25) is 0 Å². The third-order valence-corrected chi connectivity index (χ3v) is 3.54. The molecule has 0 saturated carbocycles. The van der Waals surface area contributed by atoms with Crippen molar-refractivity contribution in [1.82, 2.24) is 0 Å². The van der Waals surface area contributed by atoms with Crippen molar-refractivity contribution in [3.63, 3.8) is 0 Å². The van der Waals surface area contributed by atoms with Crippen molar-refractivity contribution in [2.24, 2.45) is 11.8 Å². The summed E-state index contributed by atoms with van der Waals surface area (Å²) >= 11 is 0. The van der Waals surface area contributed by atoms with E-state index in [1.807, 2.05) is 0 Å². The van der Waals surface area contributed by atoms with E-state index in [4.69, 9.17) is 14.2 Å². The van der Waals surface area contributed by atoms with Crippen LogP contribution in [0.1, 0.15) is 39.5 Å². The molecule has 0 aromatic heterocycles. The van der Waals surface area contributed by atoms with Crippen LogP contribution in [0.3, 0.4) is 0 Å². The Balaban J connectivity index is 1.60. The zero-order valence-electron chi connectivity index (χ0n) is 10.5. The summed E-state index contributed by atoms with van der Waals surface area (Å²) in [5.41, 5.74) is 0. The van der Waals surface area contributed by atoms with Gasteiger partial charge in [0.1, 0.15) is 0 Å². The molecule has 0 aliphatic carbocycles. The summed E-state index contributed by atoms with van der Waals surface area (Å²) in [5.74, 6) is 1.26. The number of hydrogen-bond acceptors (Lipinski definition) is 3. The second-order valence-corrected chi connectivity index (χ2v) is 5.37. The maximum atomic E-state index is 5.67. The van der Waals surface area contributed by atoms with Gasteiger partial charge in [0.15, 0.2) is 6.29 Å². The summed E-state index contributed by atoms with van der Waals surface area (Å²) < 4.78 is 16.9. The lowest BCUT2D eigenvalue weighted by atomic mass is 9.94. The molecule has 0 N–H and O–H groups in total. The van der Waals surface area contributed by atoms with E-state index in [0.29, 0.717) is 17.9 Å². The van der Waals surface area contributed by atoms with Crippen LogP contribution >= 0.6 is 0 Å². The fourth-order valence-electron chi connectivity index (χ4n) is 2.34. The third kappa shape index (κ3) is 3.72. The maximum Gasteiger partial charge on any atom is 0.157 e. The van der Waals surface area contributed by atoms with Crippen molar-refractivity contribution in [2.45, 2.75) is 51.9 Å². The minimum atomic E-state index is 0.0375. The highest BCUT2D eigenvalue weighted by atomic mass is 16.7. The number of rotatable bonds is 3. The molecule has 0 spiro atoms. The lowest BCUT2D eigenvalue weighted by Crippen LogP contribution is -2.31. The van der Waals surface area contributed by atoms with Crippen LogP contribution < -0.4 is 0 Å². The van der Waals surface area contributed by atoms with E-state index in [0.717, 1.165) is 26.2 Å². The van der Waals surface area contributed by atoms with Gasteiger partial charge in [0.25, 0.3) is 0 Å². The molecule has 0 bridgehead atoms. The van der Waals surface area contributed by atoms with Crippen molar-refractivity contribution >= 4 is 0 Å². The van der Waals surface area contributed by atoms with Crippen molar-refractivity contribution in [3.8, 4) is 0 Å².